The number of aromatic nitrogens is 5. The summed E-state index contributed by atoms with van der Waals surface area (Å²) >= 11 is 0. The van der Waals surface area contributed by atoms with Crippen LogP contribution in [0.5, 0.6) is 11.6 Å². The number of fused-ring (bicyclic) bond motifs is 11. The van der Waals surface area contributed by atoms with Gasteiger partial charge in [0.1, 0.15) is 16.9 Å². The van der Waals surface area contributed by atoms with Crippen molar-refractivity contribution in [3.63, 3.8) is 0 Å². The maximum absolute atomic E-state index is 6.82. The molecule has 0 saturated carbocycles. The normalized spacial score (nSPS) is 14.2. The second kappa shape index (κ2) is 12.1. The van der Waals surface area contributed by atoms with Gasteiger partial charge >= 0.3 is 0 Å². The molecule has 11 aromatic rings. The molecule has 0 bridgehead atoms. The van der Waals surface area contributed by atoms with E-state index in [9.17, 15) is 0 Å². The lowest BCUT2D eigenvalue weighted by molar-refractivity contribution is 0.465. The Balaban J connectivity index is 1.04. The number of aryl methyl sites for hydroxylation is 2. The highest BCUT2D eigenvalue weighted by atomic mass is 16.5. The van der Waals surface area contributed by atoms with E-state index in [1.165, 1.54) is 27.8 Å². The Morgan fingerprint density at radius 1 is 0.684 bits per heavy atom. The van der Waals surface area contributed by atoms with Gasteiger partial charge < -0.3 is 9.15 Å². The van der Waals surface area contributed by atoms with Crippen molar-refractivity contribution in [3.8, 4) is 28.6 Å². The highest BCUT2D eigenvalue weighted by Crippen LogP contribution is 2.44. The molecular formula is C50H35N5O2. The van der Waals surface area contributed by atoms with Crippen molar-refractivity contribution in [1.29, 1.82) is 0 Å². The van der Waals surface area contributed by atoms with Crippen LogP contribution in [0.1, 0.15) is 33.7 Å². The number of rotatable bonds is 5. The zero-order valence-electron chi connectivity index (χ0n) is 31.4. The molecule has 0 N–H and O–H groups in total. The number of ether oxygens (including phenoxy) is 1. The summed E-state index contributed by atoms with van der Waals surface area (Å²) in [5.74, 6) is 2.38. The van der Waals surface area contributed by atoms with Gasteiger partial charge in [0.2, 0.25) is 11.7 Å². The molecule has 1 atom stereocenters. The van der Waals surface area contributed by atoms with Crippen LogP contribution in [0.3, 0.4) is 0 Å². The van der Waals surface area contributed by atoms with Crippen molar-refractivity contribution in [2.24, 2.45) is 0 Å². The number of furan rings is 1. The molecule has 1 unspecified atom stereocenters. The van der Waals surface area contributed by atoms with Crippen molar-refractivity contribution < 1.29 is 9.15 Å². The van der Waals surface area contributed by atoms with E-state index in [-0.39, 0.29) is 0 Å². The minimum Gasteiger partial charge on any atom is -0.455 e. The summed E-state index contributed by atoms with van der Waals surface area (Å²) < 4.78 is 17.9. The first kappa shape index (κ1) is 32.0. The van der Waals surface area contributed by atoms with Crippen LogP contribution < -0.4 is 4.74 Å². The van der Waals surface area contributed by atoms with Gasteiger partial charge in [0.05, 0.1) is 27.9 Å². The predicted molar refractivity (Wildman–Crippen MR) is 228 cm³/mol. The SMILES string of the molecule is Cc1ccc(-n2c3nc(Oc4cc(-c5cc6c(cn5)CC(c5ccccc5)C6)c5oc6ccc7ccccc7c6c5c4)ccc3n3c4ccccc4nc23)cc1C. The molecule has 57 heavy (non-hydrogen) atoms. The topological polar surface area (TPSA) is 70.4 Å². The Morgan fingerprint density at radius 2 is 1.53 bits per heavy atom. The molecule has 0 fully saturated rings. The molecule has 0 aliphatic heterocycles. The van der Waals surface area contributed by atoms with Gasteiger partial charge in [-0.1, -0.05) is 78.9 Å². The molecule has 7 heteroatoms. The molecule has 5 heterocycles. The largest absolute Gasteiger partial charge is 0.455 e. The lowest BCUT2D eigenvalue weighted by atomic mass is 9.96. The highest BCUT2D eigenvalue weighted by Gasteiger charge is 2.26. The maximum atomic E-state index is 6.82. The van der Waals surface area contributed by atoms with Gasteiger partial charge in [-0.3, -0.25) is 14.0 Å². The van der Waals surface area contributed by atoms with E-state index in [2.05, 4.69) is 156 Å². The Kier molecular flexibility index (Phi) is 6.81. The van der Waals surface area contributed by atoms with Crippen LogP contribution in [0.2, 0.25) is 0 Å². The molecule has 0 saturated heterocycles. The first-order valence-corrected chi connectivity index (χ1v) is 19.5. The van der Waals surface area contributed by atoms with Crippen molar-refractivity contribution in [3.05, 3.63) is 174 Å². The van der Waals surface area contributed by atoms with Gasteiger partial charge in [0, 0.05) is 28.6 Å². The Labute approximate surface area is 327 Å². The fourth-order valence-corrected chi connectivity index (χ4v) is 9.02. The first-order chi connectivity index (χ1) is 28.0. The number of para-hydroxylation sites is 2. The number of nitrogens with zero attached hydrogens (tertiary/aromatic N) is 5. The summed E-state index contributed by atoms with van der Waals surface area (Å²) in [5, 5.41) is 4.31. The Bertz CT molecular complexity index is 3430. The minimum atomic E-state index is 0.440. The number of imidazole rings is 2. The Hall–Kier alpha value is -7.25. The molecule has 1 aliphatic rings. The summed E-state index contributed by atoms with van der Waals surface area (Å²) in [6, 6.07) is 48.6. The summed E-state index contributed by atoms with van der Waals surface area (Å²) in [5.41, 5.74) is 14.5. The highest BCUT2D eigenvalue weighted by molar-refractivity contribution is 6.21. The van der Waals surface area contributed by atoms with E-state index in [0.717, 1.165) is 90.5 Å². The molecule has 5 aromatic heterocycles. The van der Waals surface area contributed by atoms with Gasteiger partial charge in [0.15, 0.2) is 5.65 Å². The smallest absolute Gasteiger partial charge is 0.221 e. The lowest BCUT2D eigenvalue weighted by Gasteiger charge is -2.11. The predicted octanol–water partition coefficient (Wildman–Crippen LogP) is 12.2. The standard InChI is InChI=1S/C50H35N5O2/c1-29-16-18-36(22-30(29)2)54-49-44(55-43-15-9-8-14-41(43)52-50(54)55)19-21-46(53-49)56-37-26-39(42-25-34-23-33(24-35(34)28-51-42)31-10-4-3-5-11-31)48-40(27-37)47-38-13-7-6-12-32(38)17-20-45(47)57-48/h3-22,25-28,33H,23-24H2,1-2H3. The van der Waals surface area contributed by atoms with E-state index in [0.29, 0.717) is 17.5 Å². The lowest BCUT2D eigenvalue weighted by Crippen LogP contribution is -1.99. The molecule has 272 valence electrons. The summed E-state index contributed by atoms with van der Waals surface area (Å²) in [4.78, 5) is 15.4. The molecular weight excluding hydrogens is 703 g/mol. The molecule has 1 aliphatic carbocycles. The number of hydrogen-bond acceptors (Lipinski definition) is 5. The van der Waals surface area contributed by atoms with Crippen molar-refractivity contribution in [2.45, 2.75) is 32.6 Å². The van der Waals surface area contributed by atoms with Crippen molar-refractivity contribution in [1.82, 2.24) is 23.9 Å². The third-order valence-corrected chi connectivity index (χ3v) is 12.0. The van der Waals surface area contributed by atoms with Crippen LogP contribution in [-0.2, 0) is 12.8 Å². The van der Waals surface area contributed by atoms with Crippen LogP contribution in [0.25, 0.3) is 77.6 Å². The van der Waals surface area contributed by atoms with Crippen LogP contribution in [-0.4, -0.2) is 23.9 Å². The van der Waals surface area contributed by atoms with Crippen molar-refractivity contribution in [2.75, 3.05) is 0 Å². The Morgan fingerprint density at radius 3 is 2.44 bits per heavy atom. The monoisotopic (exact) mass is 737 g/mol. The summed E-state index contributed by atoms with van der Waals surface area (Å²) in [6.07, 6.45) is 4.02. The van der Waals surface area contributed by atoms with Crippen molar-refractivity contribution >= 4 is 60.7 Å². The molecule has 6 aromatic carbocycles. The molecule has 7 nitrogen and oxygen atoms in total. The van der Waals surface area contributed by atoms with E-state index in [1.807, 2.05) is 12.1 Å². The van der Waals surface area contributed by atoms with Gasteiger partial charge in [-0.25, -0.2) is 4.98 Å². The quantitative estimate of drug-likeness (QED) is 0.176. The minimum absolute atomic E-state index is 0.440. The fourth-order valence-electron chi connectivity index (χ4n) is 9.02. The van der Waals surface area contributed by atoms with Crippen LogP contribution in [0, 0.1) is 13.8 Å². The van der Waals surface area contributed by atoms with Gasteiger partial charge in [-0.2, -0.15) is 4.98 Å². The van der Waals surface area contributed by atoms with E-state index in [4.69, 9.17) is 24.1 Å². The average Bonchev–Trinajstić information content (AvgIpc) is 4.01. The van der Waals surface area contributed by atoms with E-state index < -0.39 is 0 Å². The summed E-state index contributed by atoms with van der Waals surface area (Å²) in [6.45, 7) is 4.27. The molecule has 0 spiro atoms. The zero-order valence-corrected chi connectivity index (χ0v) is 31.4. The van der Waals surface area contributed by atoms with Crippen LogP contribution >= 0.6 is 0 Å². The number of hydrogen-bond donors (Lipinski definition) is 0. The summed E-state index contributed by atoms with van der Waals surface area (Å²) in [7, 11) is 0. The van der Waals surface area contributed by atoms with E-state index in [1.54, 1.807) is 0 Å². The number of benzene rings is 6. The average molecular weight is 738 g/mol. The van der Waals surface area contributed by atoms with Crippen LogP contribution in [0.4, 0.5) is 0 Å². The molecule has 0 amide bonds. The second-order valence-corrected chi connectivity index (χ2v) is 15.4. The third-order valence-electron chi connectivity index (χ3n) is 12.0. The molecule has 12 rings (SSSR count). The van der Waals surface area contributed by atoms with Crippen LogP contribution in [0.15, 0.2) is 150 Å². The third kappa shape index (κ3) is 4.95. The number of pyridine rings is 2. The van der Waals surface area contributed by atoms with Gasteiger partial charge in [-0.15, -0.1) is 0 Å². The maximum Gasteiger partial charge on any atom is 0.221 e. The first-order valence-electron chi connectivity index (χ1n) is 19.5. The molecule has 0 radical (unpaired) electrons. The van der Waals surface area contributed by atoms with Gasteiger partial charge in [-0.05, 0) is 126 Å². The zero-order chi connectivity index (χ0) is 37.8. The second-order valence-electron chi connectivity index (χ2n) is 15.4. The van der Waals surface area contributed by atoms with E-state index >= 15 is 0 Å². The fraction of sp³-hybridized carbons (Fsp3) is 0.100. The van der Waals surface area contributed by atoms with Gasteiger partial charge in [0.25, 0.3) is 0 Å².